The first kappa shape index (κ1) is 20.6. The highest BCUT2D eigenvalue weighted by Gasteiger charge is 2.39. The number of thiophene rings is 1. The van der Waals surface area contributed by atoms with E-state index in [1.54, 1.807) is 6.08 Å². The molecule has 0 spiro atoms. The fourth-order valence-corrected chi connectivity index (χ4v) is 4.65. The van der Waals surface area contributed by atoms with E-state index in [0.717, 1.165) is 33.7 Å². The number of nitrogens with one attached hydrogen (secondary N) is 1. The van der Waals surface area contributed by atoms with E-state index in [2.05, 4.69) is 5.32 Å². The van der Waals surface area contributed by atoms with Gasteiger partial charge in [0.1, 0.15) is 10.4 Å². The van der Waals surface area contributed by atoms with E-state index < -0.39 is 29.6 Å². The smallest absolute Gasteiger partial charge is 0.324 e. The number of rotatable bonds is 4. The van der Waals surface area contributed by atoms with E-state index in [0.29, 0.717) is 4.91 Å². The summed E-state index contributed by atoms with van der Waals surface area (Å²) in [6.07, 6.45) is -2.94. The van der Waals surface area contributed by atoms with Gasteiger partial charge in [-0.1, -0.05) is 42.2 Å². The number of carbonyl (C=O) groups excluding carboxylic acids is 2. The maximum Gasteiger partial charge on any atom is 0.418 e. The second-order valence-electron chi connectivity index (χ2n) is 5.78. The van der Waals surface area contributed by atoms with Gasteiger partial charge in [-0.3, -0.25) is 14.5 Å². The molecule has 0 bridgehead atoms. The quantitative estimate of drug-likeness (QED) is 0.535. The van der Waals surface area contributed by atoms with Crippen LogP contribution in [0.1, 0.15) is 17.4 Å². The normalized spacial score (nSPS) is 17.3. The Bertz CT molecular complexity index is 955. The Morgan fingerprint density at radius 2 is 1.96 bits per heavy atom. The Morgan fingerprint density at radius 1 is 1.25 bits per heavy atom. The van der Waals surface area contributed by atoms with Gasteiger partial charge in [0.05, 0.1) is 16.2 Å². The second-order valence-corrected chi connectivity index (χ2v) is 8.43. The van der Waals surface area contributed by atoms with E-state index >= 15 is 0 Å². The van der Waals surface area contributed by atoms with E-state index in [4.69, 9.17) is 12.2 Å². The number of halogens is 3. The second kappa shape index (κ2) is 8.06. The Hall–Kier alpha value is -2.17. The maximum absolute atomic E-state index is 13.1. The fraction of sp³-hybridized carbons (Fsp3) is 0.167. The first-order chi connectivity index (χ1) is 13.2. The summed E-state index contributed by atoms with van der Waals surface area (Å²) in [5.74, 6) is -1.21. The van der Waals surface area contributed by atoms with Gasteiger partial charge in [-0.25, -0.2) is 0 Å². The maximum atomic E-state index is 13.1. The Balaban J connectivity index is 1.79. The van der Waals surface area contributed by atoms with Crippen LogP contribution in [0.3, 0.4) is 0 Å². The minimum absolute atomic E-state index is 0.180. The van der Waals surface area contributed by atoms with Crippen LogP contribution in [0.5, 0.6) is 0 Å². The molecule has 146 valence electrons. The molecule has 10 heteroatoms. The number of benzene rings is 1. The summed E-state index contributed by atoms with van der Waals surface area (Å²) in [6, 6.07) is 7.27. The van der Waals surface area contributed by atoms with Crippen LogP contribution >= 0.6 is 35.3 Å². The number of para-hydroxylation sites is 1. The van der Waals surface area contributed by atoms with Gasteiger partial charge in [0.15, 0.2) is 0 Å². The Morgan fingerprint density at radius 3 is 2.61 bits per heavy atom. The van der Waals surface area contributed by atoms with E-state index in [1.807, 2.05) is 17.5 Å². The van der Waals surface area contributed by atoms with Gasteiger partial charge in [0.2, 0.25) is 5.91 Å². The van der Waals surface area contributed by atoms with Crippen LogP contribution in [0, 0.1) is 0 Å². The molecule has 1 unspecified atom stereocenters. The number of amides is 2. The number of thiocarbonyl (C=S) groups is 1. The molecule has 2 heterocycles. The van der Waals surface area contributed by atoms with E-state index in [-0.39, 0.29) is 10.0 Å². The van der Waals surface area contributed by atoms with Crippen LogP contribution in [0.15, 0.2) is 46.7 Å². The topological polar surface area (TPSA) is 49.4 Å². The number of thioether (sulfide) groups is 1. The zero-order chi connectivity index (χ0) is 20.5. The van der Waals surface area contributed by atoms with Crippen LogP contribution in [0.25, 0.3) is 6.08 Å². The monoisotopic (exact) mass is 442 g/mol. The van der Waals surface area contributed by atoms with Gasteiger partial charge >= 0.3 is 6.18 Å². The molecule has 1 aliphatic rings. The summed E-state index contributed by atoms with van der Waals surface area (Å²) in [5, 5.41) is 4.12. The number of alkyl halides is 3. The van der Waals surface area contributed by atoms with Crippen LogP contribution in [0.4, 0.5) is 18.9 Å². The predicted octanol–water partition coefficient (Wildman–Crippen LogP) is 5.00. The number of hydrogen-bond acceptors (Lipinski definition) is 5. The SMILES string of the molecule is CC(C(=O)Nc1ccccc1C(F)(F)F)N1C(=O)/C(=C/c2cccs2)SC1=S. The van der Waals surface area contributed by atoms with Gasteiger partial charge in [-0.2, -0.15) is 13.2 Å². The molecule has 1 N–H and O–H groups in total. The van der Waals surface area contributed by atoms with E-state index in [9.17, 15) is 22.8 Å². The minimum Gasteiger partial charge on any atom is -0.324 e. The van der Waals surface area contributed by atoms with Crippen molar-refractivity contribution in [2.24, 2.45) is 0 Å². The highest BCUT2D eigenvalue weighted by molar-refractivity contribution is 8.26. The van der Waals surface area contributed by atoms with Crippen LogP contribution in [0.2, 0.25) is 0 Å². The molecule has 28 heavy (non-hydrogen) atoms. The van der Waals surface area contributed by atoms with Crippen molar-refractivity contribution in [3.8, 4) is 0 Å². The van der Waals surface area contributed by atoms with Crippen molar-refractivity contribution in [1.82, 2.24) is 4.90 Å². The highest BCUT2D eigenvalue weighted by Crippen LogP contribution is 2.36. The molecule has 0 saturated carbocycles. The molecule has 1 saturated heterocycles. The van der Waals surface area contributed by atoms with Gasteiger partial charge < -0.3 is 5.32 Å². The highest BCUT2D eigenvalue weighted by atomic mass is 32.2. The first-order valence-corrected chi connectivity index (χ1v) is 10.1. The zero-order valence-electron chi connectivity index (χ0n) is 14.3. The lowest BCUT2D eigenvalue weighted by Gasteiger charge is -2.23. The Labute approximate surface area is 172 Å². The zero-order valence-corrected chi connectivity index (χ0v) is 16.8. The molecule has 0 aliphatic carbocycles. The lowest BCUT2D eigenvalue weighted by atomic mass is 10.1. The van der Waals surface area contributed by atoms with Crippen LogP contribution in [-0.2, 0) is 15.8 Å². The predicted molar refractivity (Wildman–Crippen MR) is 109 cm³/mol. The number of carbonyl (C=O) groups is 2. The summed E-state index contributed by atoms with van der Waals surface area (Å²) >= 11 is 7.71. The van der Waals surface area contributed by atoms with Gasteiger partial charge in [-0.15, -0.1) is 11.3 Å². The van der Waals surface area contributed by atoms with Gasteiger partial charge in [0.25, 0.3) is 5.91 Å². The van der Waals surface area contributed by atoms with Gasteiger partial charge in [-0.05, 0) is 36.6 Å². The standard InChI is InChI=1S/C18H13F3N2O2S3/c1-10(15(24)22-13-7-3-2-6-12(13)18(19,20)21)23-16(25)14(28-17(23)26)9-11-5-4-8-27-11/h2-10H,1H3,(H,22,24)/b14-9-. The molecule has 2 aromatic rings. The van der Waals surface area contributed by atoms with Crippen molar-refractivity contribution in [1.29, 1.82) is 0 Å². The van der Waals surface area contributed by atoms with Crippen molar-refractivity contribution < 1.29 is 22.8 Å². The average molecular weight is 443 g/mol. The molecule has 4 nitrogen and oxygen atoms in total. The summed E-state index contributed by atoms with van der Waals surface area (Å²) in [7, 11) is 0. The summed E-state index contributed by atoms with van der Waals surface area (Å²) in [5.41, 5.74) is -1.33. The van der Waals surface area contributed by atoms with Gasteiger partial charge in [0, 0.05) is 4.88 Å². The third-order valence-corrected chi connectivity index (χ3v) is 6.05. The molecule has 1 aromatic carbocycles. The number of hydrogen-bond donors (Lipinski definition) is 1. The molecular weight excluding hydrogens is 429 g/mol. The van der Waals surface area contributed by atoms with Crippen molar-refractivity contribution in [2.75, 3.05) is 5.32 Å². The largest absolute Gasteiger partial charge is 0.418 e. The molecule has 1 fully saturated rings. The molecule has 3 rings (SSSR count). The lowest BCUT2D eigenvalue weighted by molar-refractivity contribution is -0.137. The molecular formula is C18H13F3N2O2S3. The van der Waals surface area contributed by atoms with Crippen LogP contribution in [-0.4, -0.2) is 27.1 Å². The lowest BCUT2D eigenvalue weighted by Crippen LogP contribution is -2.44. The number of anilines is 1. The Kier molecular flexibility index (Phi) is 5.92. The third kappa shape index (κ3) is 4.29. The first-order valence-electron chi connectivity index (χ1n) is 7.96. The summed E-state index contributed by atoms with van der Waals surface area (Å²) in [4.78, 5) is 27.5. The van der Waals surface area contributed by atoms with Crippen molar-refractivity contribution >= 4 is 63.2 Å². The van der Waals surface area contributed by atoms with Crippen LogP contribution < -0.4 is 5.32 Å². The summed E-state index contributed by atoms with van der Waals surface area (Å²) < 4.78 is 39.5. The molecule has 1 aliphatic heterocycles. The third-order valence-electron chi connectivity index (χ3n) is 3.90. The number of nitrogens with zero attached hydrogens (tertiary/aromatic N) is 1. The minimum atomic E-state index is -4.61. The average Bonchev–Trinajstić information content (AvgIpc) is 3.22. The van der Waals surface area contributed by atoms with E-state index in [1.165, 1.54) is 30.4 Å². The van der Waals surface area contributed by atoms with Crippen molar-refractivity contribution in [2.45, 2.75) is 19.1 Å². The molecule has 1 aromatic heterocycles. The molecule has 0 radical (unpaired) electrons. The van der Waals surface area contributed by atoms with Crippen molar-refractivity contribution in [3.05, 3.63) is 57.1 Å². The fourth-order valence-electron chi connectivity index (χ4n) is 2.51. The summed E-state index contributed by atoms with van der Waals surface area (Å²) in [6.45, 7) is 1.42. The van der Waals surface area contributed by atoms with Crippen molar-refractivity contribution in [3.63, 3.8) is 0 Å². The molecule has 2 amide bonds. The molecule has 1 atom stereocenters.